The first kappa shape index (κ1) is 22.8. The van der Waals surface area contributed by atoms with Gasteiger partial charge in [0.2, 0.25) is 0 Å². The Morgan fingerprint density at radius 1 is 0.889 bits per heavy atom. The van der Waals surface area contributed by atoms with Gasteiger partial charge in [0.25, 0.3) is 0 Å². The molecule has 5 atom stereocenters. The van der Waals surface area contributed by atoms with Gasteiger partial charge in [0.1, 0.15) is 18.1 Å². The summed E-state index contributed by atoms with van der Waals surface area (Å²) < 4.78 is 26.6. The van der Waals surface area contributed by atoms with E-state index in [0.29, 0.717) is 0 Å². The van der Waals surface area contributed by atoms with Crippen molar-refractivity contribution in [1.29, 1.82) is 0 Å². The summed E-state index contributed by atoms with van der Waals surface area (Å²) >= 11 is 1.13. The first-order valence-electron chi connectivity index (χ1n) is 8.01. The summed E-state index contributed by atoms with van der Waals surface area (Å²) in [4.78, 5) is 45.9. The van der Waals surface area contributed by atoms with Gasteiger partial charge < -0.3 is 23.7 Å². The number of thioether (sulfide) groups is 1. The molecule has 1 aliphatic rings. The van der Waals surface area contributed by atoms with Crippen molar-refractivity contribution in [2.45, 2.75) is 57.5 Å². The van der Waals surface area contributed by atoms with Crippen LogP contribution in [-0.4, -0.2) is 66.1 Å². The summed E-state index contributed by atoms with van der Waals surface area (Å²) in [5.74, 6) is 0.0628. The monoisotopic (exact) mass is 402 g/mol. The molecular weight excluding hydrogens is 380 g/mol. The van der Waals surface area contributed by atoms with Gasteiger partial charge in [-0.15, -0.1) is 18.2 Å². The van der Waals surface area contributed by atoms with Crippen LogP contribution in [0.25, 0.3) is 0 Å². The lowest BCUT2D eigenvalue weighted by Crippen LogP contribution is -2.61. The Morgan fingerprint density at radius 3 is 1.89 bits per heavy atom. The molecule has 10 heteroatoms. The molecule has 0 saturated carbocycles. The molecule has 0 aromatic carbocycles. The largest absolute Gasteiger partial charge is 0.463 e. The quantitative estimate of drug-likeness (QED) is 0.337. The second-order valence-corrected chi connectivity index (χ2v) is 6.67. The third kappa shape index (κ3) is 7.48. The van der Waals surface area contributed by atoms with Gasteiger partial charge in [0, 0.05) is 27.7 Å². The first-order valence-corrected chi connectivity index (χ1v) is 9.06. The van der Waals surface area contributed by atoms with Gasteiger partial charge >= 0.3 is 23.9 Å². The van der Waals surface area contributed by atoms with Crippen molar-refractivity contribution in [1.82, 2.24) is 0 Å². The highest BCUT2D eigenvalue weighted by molar-refractivity contribution is 8.00. The molecule has 0 bridgehead atoms. The van der Waals surface area contributed by atoms with Crippen LogP contribution in [0.5, 0.6) is 0 Å². The van der Waals surface area contributed by atoms with Crippen molar-refractivity contribution in [3.05, 3.63) is 0 Å². The van der Waals surface area contributed by atoms with E-state index in [2.05, 4.69) is 5.92 Å². The Balaban J connectivity index is 3.25. The molecule has 1 rings (SSSR count). The van der Waals surface area contributed by atoms with E-state index in [1.807, 2.05) is 0 Å². The SMILES string of the molecule is C#CCS[C@H]1O[C@H](COC(C)=O)[C@@H](OC(C)=O)[C@H](OC(C)=O)[C@@H]1OC(C)=O. The van der Waals surface area contributed by atoms with Gasteiger partial charge in [0.15, 0.2) is 18.3 Å². The van der Waals surface area contributed by atoms with Gasteiger partial charge in [-0.05, 0) is 0 Å². The highest BCUT2D eigenvalue weighted by Crippen LogP contribution is 2.34. The zero-order chi connectivity index (χ0) is 20.6. The Kier molecular flexibility index (Phi) is 9.11. The molecule has 9 nitrogen and oxygen atoms in total. The summed E-state index contributed by atoms with van der Waals surface area (Å²) in [6.45, 7) is 4.45. The number of ether oxygens (including phenoxy) is 5. The molecule has 150 valence electrons. The summed E-state index contributed by atoms with van der Waals surface area (Å²) in [5, 5.41) is 0. The van der Waals surface area contributed by atoms with Crippen molar-refractivity contribution in [3.8, 4) is 12.3 Å². The van der Waals surface area contributed by atoms with E-state index >= 15 is 0 Å². The normalized spacial score (nSPS) is 27.0. The Hall–Kier alpha value is -2.25. The van der Waals surface area contributed by atoms with Crippen molar-refractivity contribution in [2.24, 2.45) is 0 Å². The van der Waals surface area contributed by atoms with Gasteiger partial charge in [-0.2, -0.15) is 0 Å². The van der Waals surface area contributed by atoms with E-state index in [-0.39, 0.29) is 12.4 Å². The van der Waals surface area contributed by atoms with E-state index < -0.39 is 53.7 Å². The molecule has 0 aliphatic carbocycles. The van der Waals surface area contributed by atoms with Crippen molar-refractivity contribution >= 4 is 35.6 Å². The van der Waals surface area contributed by atoms with E-state index in [4.69, 9.17) is 30.1 Å². The van der Waals surface area contributed by atoms with Gasteiger partial charge in [-0.3, -0.25) is 19.2 Å². The summed E-state index contributed by atoms with van der Waals surface area (Å²) in [6.07, 6.45) is 0.919. The molecular formula is C17H22O9S. The third-order valence-corrected chi connectivity index (χ3v) is 4.32. The van der Waals surface area contributed by atoms with Gasteiger partial charge in [-0.1, -0.05) is 5.92 Å². The maximum absolute atomic E-state index is 11.6. The smallest absolute Gasteiger partial charge is 0.303 e. The first-order chi connectivity index (χ1) is 12.6. The predicted octanol–water partition coefficient (Wildman–Crippen LogP) is 0.436. The fraction of sp³-hybridized carbons (Fsp3) is 0.647. The minimum absolute atomic E-state index is 0.216. The Labute approximate surface area is 161 Å². The maximum Gasteiger partial charge on any atom is 0.303 e. The molecule has 0 unspecified atom stereocenters. The van der Waals surface area contributed by atoms with Crippen LogP contribution in [0, 0.1) is 12.3 Å². The second kappa shape index (κ2) is 10.8. The Bertz CT molecular complexity index is 612. The molecule has 0 N–H and O–H groups in total. The van der Waals surface area contributed by atoms with Crippen LogP contribution < -0.4 is 0 Å². The van der Waals surface area contributed by atoms with Crippen LogP contribution in [0.15, 0.2) is 0 Å². The van der Waals surface area contributed by atoms with E-state index in [1.54, 1.807) is 0 Å². The second-order valence-electron chi connectivity index (χ2n) is 5.58. The highest BCUT2D eigenvalue weighted by Gasteiger charge is 2.52. The van der Waals surface area contributed by atoms with E-state index in [0.717, 1.165) is 25.6 Å². The Morgan fingerprint density at radius 2 is 1.41 bits per heavy atom. The van der Waals surface area contributed by atoms with Crippen molar-refractivity contribution < 1.29 is 42.9 Å². The van der Waals surface area contributed by atoms with Crippen LogP contribution in [0.3, 0.4) is 0 Å². The molecule has 1 aliphatic heterocycles. The molecule has 1 fully saturated rings. The molecule has 27 heavy (non-hydrogen) atoms. The van der Waals surface area contributed by atoms with Gasteiger partial charge in [0.05, 0.1) is 5.75 Å². The standard InChI is InChI=1S/C17H22O9S/c1-6-7-27-17-16(25-12(5)21)15(24-11(4)20)14(23-10(3)19)13(26-17)8-22-9(2)18/h1,13-17H,7-8H2,2-5H3/t13-,14-,15+,16+,17-/m1/s1. The predicted molar refractivity (Wildman–Crippen MR) is 93.2 cm³/mol. The fourth-order valence-electron chi connectivity index (χ4n) is 2.45. The zero-order valence-electron chi connectivity index (χ0n) is 15.5. The molecule has 0 radical (unpaired) electrons. The summed E-state index contributed by atoms with van der Waals surface area (Å²) in [5.41, 5.74) is -0.832. The molecule has 0 spiro atoms. The average molecular weight is 402 g/mol. The summed E-state index contributed by atoms with van der Waals surface area (Å²) in [6, 6.07) is 0. The van der Waals surface area contributed by atoms with Gasteiger partial charge in [-0.25, -0.2) is 0 Å². The van der Waals surface area contributed by atoms with Crippen molar-refractivity contribution in [2.75, 3.05) is 12.4 Å². The molecule has 1 saturated heterocycles. The van der Waals surface area contributed by atoms with Crippen LogP contribution in [-0.2, 0) is 42.9 Å². The molecule has 0 amide bonds. The lowest BCUT2D eigenvalue weighted by Gasteiger charge is -2.44. The number of hydrogen-bond acceptors (Lipinski definition) is 10. The van der Waals surface area contributed by atoms with Crippen LogP contribution in [0.2, 0.25) is 0 Å². The topological polar surface area (TPSA) is 114 Å². The van der Waals surface area contributed by atoms with E-state index in [1.165, 1.54) is 13.8 Å². The highest BCUT2D eigenvalue weighted by atomic mass is 32.2. The maximum atomic E-state index is 11.6. The number of hydrogen-bond donors (Lipinski definition) is 0. The van der Waals surface area contributed by atoms with Crippen molar-refractivity contribution in [3.63, 3.8) is 0 Å². The molecule has 0 aromatic heterocycles. The van der Waals surface area contributed by atoms with Crippen LogP contribution in [0.4, 0.5) is 0 Å². The number of rotatable bonds is 7. The zero-order valence-corrected chi connectivity index (χ0v) is 16.3. The minimum atomic E-state index is -1.17. The fourth-order valence-corrected chi connectivity index (χ4v) is 3.33. The average Bonchev–Trinajstić information content (AvgIpc) is 2.54. The lowest BCUT2D eigenvalue weighted by atomic mass is 9.99. The van der Waals surface area contributed by atoms with Crippen LogP contribution in [0.1, 0.15) is 27.7 Å². The lowest BCUT2D eigenvalue weighted by molar-refractivity contribution is -0.237. The number of carbonyl (C=O) groups is 4. The van der Waals surface area contributed by atoms with Crippen LogP contribution >= 0.6 is 11.8 Å². The number of terminal acetylenes is 1. The third-order valence-electron chi connectivity index (χ3n) is 3.28. The minimum Gasteiger partial charge on any atom is -0.463 e. The summed E-state index contributed by atoms with van der Waals surface area (Å²) in [7, 11) is 0. The number of carbonyl (C=O) groups excluding carboxylic acids is 4. The van der Waals surface area contributed by atoms with E-state index in [9.17, 15) is 19.2 Å². The molecule has 0 aromatic rings. The molecule has 1 heterocycles. The number of esters is 4.